The summed E-state index contributed by atoms with van der Waals surface area (Å²) in [7, 11) is 1.60. The average Bonchev–Trinajstić information content (AvgIpc) is 2.95. The molecule has 1 aromatic rings. The zero-order valence-corrected chi connectivity index (χ0v) is 17.8. The first-order valence-electron chi connectivity index (χ1n) is 9.28. The lowest BCUT2D eigenvalue weighted by Gasteiger charge is -2.14. The van der Waals surface area contributed by atoms with E-state index in [1.54, 1.807) is 12.0 Å². The van der Waals surface area contributed by atoms with Crippen molar-refractivity contribution in [2.24, 2.45) is 0 Å². The van der Waals surface area contributed by atoms with Crippen LogP contribution < -0.4 is 10.1 Å². The van der Waals surface area contributed by atoms with Gasteiger partial charge >= 0.3 is 5.97 Å². The van der Waals surface area contributed by atoms with Crippen molar-refractivity contribution in [1.29, 1.82) is 0 Å². The van der Waals surface area contributed by atoms with Gasteiger partial charge in [-0.25, -0.2) is 0 Å². The number of unbranched alkanes of at least 4 members (excludes halogenated alkanes) is 2. The number of rotatable bonds is 11. The van der Waals surface area contributed by atoms with Crippen molar-refractivity contribution in [3.05, 3.63) is 34.7 Å². The van der Waals surface area contributed by atoms with Crippen molar-refractivity contribution in [3.8, 4) is 5.75 Å². The molecule has 9 heteroatoms. The van der Waals surface area contributed by atoms with Crippen molar-refractivity contribution >= 4 is 52.2 Å². The molecular weight excluding hydrogens is 412 g/mol. The van der Waals surface area contributed by atoms with Crippen LogP contribution in [0.2, 0.25) is 0 Å². The number of hydrogen-bond donors (Lipinski definition) is 2. The van der Waals surface area contributed by atoms with E-state index in [1.807, 2.05) is 30.3 Å². The number of benzene rings is 1. The largest absolute Gasteiger partial charge is 0.497 e. The number of nitrogens with zero attached hydrogens (tertiary/aromatic N) is 1. The quantitative estimate of drug-likeness (QED) is 0.313. The summed E-state index contributed by atoms with van der Waals surface area (Å²) in [5.74, 6) is -0.429. The molecule has 0 saturated carbocycles. The first-order chi connectivity index (χ1) is 13.9. The number of thiocarbonyl (C=S) groups is 1. The Morgan fingerprint density at radius 1 is 1.21 bits per heavy atom. The number of carbonyl (C=O) groups is 3. The summed E-state index contributed by atoms with van der Waals surface area (Å²) in [5.41, 5.74) is 0.903. The van der Waals surface area contributed by atoms with E-state index >= 15 is 0 Å². The zero-order valence-electron chi connectivity index (χ0n) is 16.2. The molecule has 29 heavy (non-hydrogen) atoms. The van der Waals surface area contributed by atoms with Crippen LogP contribution in [0.25, 0.3) is 6.08 Å². The standard InChI is InChI=1S/C20H24N2O5S2/c1-27-15-8-6-14(7-9-15)13-16-19(26)22(20(28)29-16)12-4-2-3-5-17(23)21-11-10-18(24)25/h6-9,13H,2-5,10-12H2,1H3,(H,21,23)(H,24,25)/b16-13-. The lowest BCUT2D eigenvalue weighted by Crippen LogP contribution is -2.29. The van der Waals surface area contributed by atoms with Gasteiger partial charge in [-0.2, -0.15) is 0 Å². The van der Waals surface area contributed by atoms with Crippen LogP contribution in [0.1, 0.15) is 37.7 Å². The molecule has 2 amide bonds. The fourth-order valence-corrected chi connectivity index (χ4v) is 3.98. The van der Waals surface area contributed by atoms with Crippen LogP contribution in [0.5, 0.6) is 5.75 Å². The van der Waals surface area contributed by atoms with Crippen LogP contribution in [0.3, 0.4) is 0 Å². The summed E-state index contributed by atoms with van der Waals surface area (Å²) < 4.78 is 5.67. The Labute approximate surface area is 179 Å². The number of methoxy groups -OCH3 is 1. The fraction of sp³-hybridized carbons (Fsp3) is 0.400. The number of nitrogens with one attached hydrogen (secondary N) is 1. The van der Waals surface area contributed by atoms with Gasteiger partial charge in [0.25, 0.3) is 5.91 Å². The zero-order chi connectivity index (χ0) is 21.2. The topological polar surface area (TPSA) is 95.9 Å². The number of aliphatic carboxylic acids is 1. The van der Waals surface area contributed by atoms with Crippen molar-refractivity contribution in [1.82, 2.24) is 10.2 Å². The molecular formula is C20H24N2O5S2. The summed E-state index contributed by atoms with van der Waals surface area (Å²) in [6.45, 7) is 0.663. The third kappa shape index (κ3) is 7.51. The summed E-state index contributed by atoms with van der Waals surface area (Å²) in [5, 5.41) is 11.1. The van der Waals surface area contributed by atoms with Crippen molar-refractivity contribution in [2.45, 2.75) is 32.1 Å². The molecule has 2 N–H and O–H groups in total. The Kier molecular flexibility index (Phi) is 9.14. The van der Waals surface area contributed by atoms with Gasteiger partial charge in [-0.3, -0.25) is 19.3 Å². The van der Waals surface area contributed by atoms with Crippen molar-refractivity contribution in [3.63, 3.8) is 0 Å². The van der Waals surface area contributed by atoms with E-state index in [9.17, 15) is 14.4 Å². The summed E-state index contributed by atoms with van der Waals surface area (Å²) in [4.78, 5) is 36.8. The van der Waals surface area contributed by atoms with Gasteiger partial charge in [0.05, 0.1) is 18.4 Å². The van der Waals surface area contributed by atoms with Gasteiger partial charge in [0.2, 0.25) is 5.91 Å². The van der Waals surface area contributed by atoms with Crippen LogP contribution >= 0.6 is 24.0 Å². The van der Waals surface area contributed by atoms with Crippen LogP contribution in [0.15, 0.2) is 29.2 Å². The maximum absolute atomic E-state index is 12.6. The van der Waals surface area contributed by atoms with E-state index in [1.165, 1.54) is 11.8 Å². The van der Waals surface area contributed by atoms with Gasteiger partial charge in [-0.05, 0) is 36.6 Å². The van der Waals surface area contributed by atoms with Gasteiger partial charge in [0.15, 0.2) is 0 Å². The highest BCUT2D eigenvalue weighted by molar-refractivity contribution is 8.26. The predicted molar refractivity (Wildman–Crippen MR) is 117 cm³/mol. The molecule has 0 radical (unpaired) electrons. The molecule has 0 unspecified atom stereocenters. The van der Waals surface area contributed by atoms with Gasteiger partial charge in [-0.1, -0.05) is 42.5 Å². The molecule has 0 spiro atoms. The highest BCUT2D eigenvalue weighted by Crippen LogP contribution is 2.33. The minimum Gasteiger partial charge on any atom is -0.497 e. The van der Waals surface area contributed by atoms with Crippen molar-refractivity contribution in [2.75, 3.05) is 20.2 Å². The second kappa shape index (κ2) is 11.6. The van der Waals surface area contributed by atoms with E-state index in [0.29, 0.717) is 28.6 Å². The lowest BCUT2D eigenvalue weighted by molar-refractivity contribution is -0.137. The Bertz CT molecular complexity index is 793. The molecule has 2 rings (SSSR count). The molecule has 1 aliphatic rings. The second-order valence-electron chi connectivity index (χ2n) is 6.41. The van der Waals surface area contributed by atoms with Crippen LogP contribution in [0, 0.1) is 0 Å². The number of hydrogen-bond acceptors (Lipinski definition) is 6. The molecule has 1 aliphatic heterocycles. The van der Waals surface area contributed by atoms with Crippen LogP contribution in [-0.4, -0.2) is 52.3 Å². The molecule has 156 valence electrons. The Balaban J connectivity index is 1.73. The monoisotopic (exact) mass is 436 g/mol. The number of amides is 2. The first kappa shape index (κ1) is 22.9. The smallest absolute Gasteiger partial charge is 0.305 e. The minimum atomic E-state index is -0.935. The molecule has 0 aromatic heterocycles. The third-order valence-corrected chi connectivity index (χ3v) is 5.61. The van der Waals surface area contributed by atoms with Crippen LogP contribution in [0.4, 0.5) is 0 Å². The molecule has 1 fully saturated rings. The summed E-state index contributed by atoms with van der Waals surface area (Å²) in [6, 6.07) is 7.44. The Morgan fingerprint density at radius 2 is 1.93 bits per heavy atom. The highest BCUT2D eigenvalue weighted by atomic mass is 32.2. The van der Waals surface area contributed by atoms with Crippen LogP contribution in [-0.2, 0) is 14.4 Å². The SMILES string of the molecule is COc1ccc(/C=C2\SC(=S)N(CCCCCC(=O)NCCC(=O)O)C2=O)cc1. The molecule has 0 atom stereocenters. The molecule has 0 aliphatic carbocycles. The minimum absolute atomic E-state index is 0.0791. The number of ether oxygens (including phenoxy) is 1. The molecule has 7 nitrogen and oxygen atoms in total. The van der Waals surface area contributed by atoms with E-state index in [0.717, 1.165) is 24.2 Å². The highest BCUT2D eigenvalue weighted by Gasteiger charge is 2.31. The number of carbonyl (C=O) groups excluding carboxylic acids is 2. The second-order valence-corrected chi connectivity index (χ2v) is 8.09. The summed E-state index contributed by atoms with van der Waals surface area (Å²) >= 11 is 6.63. The van der Waals surface area contributed by atoms with Gasteiger partial charge in [0, 0.05) is 19.5 Å². The normalized spacial score (nSPS) is 15.1. The van der Waals surface area contributed by atoms with Gasteiger partial charge in [-0.15, -0.1) is 0 Å². The maximum atomic E-state index is 12.6. The van der Waals surface area contributed by atoms with Gasteiger partial charge in [0.1, 0.15) is 10.1 Å². The van der Waals surface area contributed by atoms with E-state index in [-0.39, 0.29) is 24.8 Å². The van der Waals surface area contributed by atoms with Gasteiger partial charge < -0.3 is 15.2 Å². The molecule has 1 saturated heterocycles. The molecule has 0 bridgehead atoms. The lowest BCUT2D eigenvalue weighted by atomic mass is 10.1. The average molecular weight is 437 g/mol. The van der Waals surface area contributed by atoms with Crippen molar-refractivity contribution < 1.29 is 24.2 Å². The molecule has 1 aromatic carbocycles. The summed E-state index contributed by atoms with van der Waals surface area (Å²) in [6.07, 6.45) is 4.28. The van der Waals surface area contributed by atoms with E-state index < -0.39 is 5.97 Å². The third-order valence-electron chi connectivity index (χ3n) is 4.23. The first-order valence-corrected chi connectivity index (χ1v) is 10.5. The maximum Gasteiger partial charge on any atom is 0.305 e. The van der Waals surface area contributed by atoms with E-state index in [2.05, 4.69) is 5.32 Å². The number of carboxylic acid groups (broad SMARTS) is 1. The predicted octanol–water partition coefficient (Wildman–Crippen LogP) is 3.05. The Morgan fingerprint density at radius 3 is 2.59 bits per heavy atom. The Hall–Kier alpha value is -2.39. The number of thioether (sulfide) groups is 1. The van der Waals surface area contributed by atoms with E-state index in [4.69, 9.17) is 22.1 Å². The molecule has 1 heterocycles. The number of carboxylic acids is 1. The fourth-order valence-electron chi connectivity index (χ4n) is 2.67.